The van der Waals surface area contributed by atoms with Crippen molar-refractivity contribution in [2.45, 2.75) is 26.8 Å². The molecule has 0 aliphatic rings. The van der Waals surface area contributed by atoms with Crippen molar-refractivity contribution in [2.24, 2.45) is 5.92 Å². The summed E-state index contributed by atoms with van der Waals surface area (Å²) in [5.74, 6) is -0.129. The Morgan fingerprint density at radius 3 is 2.54 bits per heavy atom. The van der Waals surface area contributed by atoms with Gasteiger partial charge in [0.25, 0.3) is 0 Å². The van der Waals surface area contributed by atoms with Crippen LogP contribution in [0.25, 0.3) is 0 Å². The van der Waals surface area contributed by atoms with Gasteiger partial charge in [0, 0.05) is 6.61 Å². The second-order valence-corrected chi connectivity index (χ2v) is 3.11. The molecule has 0 radical (unpaired) electrons. The van der Waals surface area contributed by atoms with E-state index >= 15 is 0 Å². The molecule has 13 heavy (non-hydrogen) atoms. The standard InChI is InChI=1S/C9H17NO3/c1-4-13-6-9(12)10-8(5-11)7(2)3/h5,7-8H,4,6H2,1-3H3,(H,10,12). The van der Waals surface area contributed by atoms with Crippen LogP contribution in [0, 0.1) is 5.92 Å². The van der Waals surface area contributed by atoms with Crippen molar-refractivity contribution in [2.75, 3.05) is 13.2 Å². The van der Waals surface area contributed by atoms with E-state index in [2.05, 4.69) is 5.32 Å². The summed E-state index contributed by atoms with van der Waals surface area (Å²) in [7, 11) is 0. The van der Waals surface area contributed by atoms with Crippen LogP contribution in [0.5, 0.6) is 0 Å². The molecule has 0 bridgehead atoms. The molecule has 0 fully saturated rings. The van der Waals surface area contributed by atoms with Crippen molar-refractivity contribution in [1.82, 2.24) is 5.32 Å². The SMILES string of the molecule is CCOCC(=O)NC(C=O)C(C)C. The number of amides is 1. The quantitative estimate of drug-likeness (QED) is 0.611. The first-order chi connectivity index (χ1) is 6.11. The topological polar surface area (TPSA) is 55.4 Å². The first-order valence-electron chi connectivity index (χ1n) is 4.44. The zero-order valence-corrected chi connectivity index (χ0v) is 8.37. The number of nitrogens with one attached hydrogen (secondary N) is 1. The molecule has 0 aliphatic carbocycles. The largest absolute Gasteiger partial charge is 0.372 e. The van der Waals surface area contributed by atoms with E-state index < -0.39 is 6.04 Å². The highest BCUT2D eigenvalue weighted by molar-refractivity contribution is 5.80. The third-order valence-electron chi connectivity index (χ3n) is 1.63. The summed E-state index contributed by atoms with van der Waals surface area (Å²) in [6, 6.07) is -0.409. The second kappa shape index (κ2) is 6.60. The Labute approximate surface area is 78.6 Å². The maximum Gasteiger partial charge on any atom is 0.246 e. The van der Waals surface area contributed by atoms with Gasteiger partial charge in [-0.3, -0.25) is 4.79 Å². The molecule has 1 atom stereocenters. The summed E-state index contributed by atoms with van der Waals surface area (Å²) in [6.45, 7) is 6.08. The molecule has 0 spiro atoms. The van der Waals surface area contributed by atoms with E-state index in [-0.39, 0.29) is 18.4 Å². The van der Waals surface area contributed by atoms with Gasteiger partial charge in [-0.1, -0.05) is 13.8 Å². The number of aldehydes is 1. The van der Waals surface area contributed by atoms with E-state index in [0.29, 0.717) is 6.61 Å². The lowest BCUT2D eigenvalue weighted by molar-refractivity contribution is -0.128. The summed E-state index contributed by atoms with van der Waals surface area (Å²) in [5, 5.41) is 2.57. The molecule has 0 heterocycles. The number of ether oxygens (including phenoxy) is 1. The summed E-state index contributed by atoms with van der Waals surface area (Å²) in [4.78, 5) is 21.6. The Morgan fingerprint density at radius 1 is 1.54 bits per heavy atom. The maximum atomic E-state index is 11.1. The van der Waals surface area contributed by atoms with Crippen LogP contribution in [-0.2, 0) is 14.3 Å². The van der Waals surface area contributed by atoms with Gasteiger partial charge in [0.1, 0.15) is 12.9 Å². The van der Waals surface area contributed by atoms with Crippen molar-refractivity contribution in [3.05, 3.63) is 0 Å². The average molecular weight is 187 g/mol. The van der Waals surface area contributed by atoms with Crippen LogP contribution in [0.3, 0.4) is 0 Å². The number of carbonyl (C=O) groups is 2. The Morgan fingerprint density at radius 2 is 2.15 bits per heavy atom. The molecule has 0 saturated carbocycles. The van der Waals surface area contributed by atoms with Crippen molar-refractivity contribution in [1.29, 1.82) is 0 Å². The van der Waals surface area contributed by atoms with E-state index in [0.717, 1.165) is 6.29 Å². The fraction of sp³-hybridized carbons (Fsp3) is 0.778. The summed E-state index contributed by atoms with van der Waals surface area (Å²) in [5.41, 5.74) is 0. The Bertz CT molecular complexity index is 168. The lowest BCUT2D eigenvalue weighted by atomic mass is 10.1. The minimum absolute atomic E-state index is 0.0214. The van der Waals surface area contributed by atoms with Crippen molar-refractivity contribution in [3.8, 4) is 0 Å². The number of hydrogen-bond donors (Lipinski definition) is 1. The predicted molar refractivity (Wildman–Crippen MR) is 49.3 cm³/mol. The molecule has 0 aromatic heterocycles. The van der Waals surface area contributed by atoms with Gasteiger partial charge in [-0.15, -0.1) is 0 Å². The van der Waals surface area contributed by atoms with E-state index in [1.54, 1.807) is 0 Å². The fourth-order valence-corrected chi connectivity index (χ4v) is 0.780. The van der Waals surface area contributed by atoms with Gasteiger partial charge in [-0.05, 0) is 12.8 Å². The highest BCUT2D eigenvalue weighted by Crippen LogP contribution is 1.97. The van der Waals surface area contributed by atoms with Gasteiger partial charge in [0.05, 0.1) is 6.04 Å². The summed E-state index contributed by atoms with van der Waals surface area (Å²) < 4.78 is 4.89. The van der Waals surface area contributed by atoms with Gasteiger partial charge in [-0.25, -0.2) is 0 Å². The lowest BCUT2D eigenvalue weighted by Gasteiger charge is -2.15. The molecule has 4 nitrogen and oxygen atoms in total. The van der Waals surface area contributed by atoms with Crippen LogP contribution in [0.1, 0.15) is 20.8 Å². The molecule has 0 saturated heterocycles. The van der Waals surface area contributed by atoms with Crippen LogP contribution in [-0.4, -0.2) is 31.4 Å². The molecular weight excluding hydrogens is 170 g/mol. The van der Waals surface area contributed by atoms with Crippen molar-refractivity contribution < 1.29 is 14.3 Å². The number of hydrogen-bond acceptors (Lipinski definition) is 3. The zero-order valence-electron chi connectivity index (χ0n) is 8.37. The van der Waals surface area contributed by atoms with Crippen LogP contribution >= 0.6 is 0 Å². The van der Waals surface area contributed by atoms with Crippen molar-refractivity contribution >= 4 is 12.2 Å². The third-order valence-corrected chi connectivity index (χ3v) is 1.63. The van der Waals surface area contributed by atoms with Crippen LogP contribution in [0.15, 0.2) is 0 Å². The monoisotopic (exact) mass is 187 g/mol. The summed E-state index contributed by atoms with van der Waals surface area (Å²) >= 11 is 0. The number of rotatable bonds is 6. The highest BCUT2D eigenvalue weighted by atomic mass is 16.5. The molecule has 0 rings (SSSR count). The zero-order chi connectivity index (χ0) is 10.3. The fourth-order valence-electron chi connectivity index (χ4n) is 0.780. The molecule has 1 unspecified atom stereocenters. The van der Waals surface area contributed by atoms with Crippen molar-refractivity contribution in [3.63, 3.8) is 0 Å². The molecule has 76 valence electrons. The van der Waals surface area contributed by atoms with Crippen LogP contribution in [0.4, 0.5) is 0 Å². The lowest BCUT2D eigenvalue weighted by Crippen LogP contribution is -2.41. The minimum Gasteiger partial charge on any atom is -0.372 e. The van der Waals surface area contributed by atoms with E-state index in [1.165, 1.54) is 0 Å². The van der Waals surface area contributed by atoms with E-state index in [4.69, 9.17) is 4.74 Å². The minimum atomic E-state index is -0.409. The second-order valence-electron chi connectivity index (χ2n) is 3.11. The summed E-state index contributed by atoms with van der Waals surface area (Å²) in [6.07, 6.45) is 0.745. The molecule has 1 N–H and O–H groups in total. The number of carbonyl (C=O) groups excluding carboxylic acids is 2. The molecular formula is C9H17NO3. The Balaban J connectivity index is 3.80. The molecule has 4 heteroatoms. The molecule has 0 aliphatic heterocycles. The Kier molecular flexibility index (Phi) is 6.14. The van der Waals surface area contributed by atoms with E-state index in [9.17, 15) is 9.59 Å². The first kappa shape index (κ1) is 12.1. The van der Waals surface area contributed by atoms with Gasteiger partial charge < -0.3 is 14.8 Å². The van der Waals surface area contributed by atoms with Crippen LogP contribution < -0.4 is 5.32 Å². The van der Waals surface area contributed by atoms with Gasteiger partial charge in [-0.2, -0.15) is 0 Å². The van der Waals surface area contributed by atoms with Gasteiger partial charge in [0.15, 0.2) is 0 Å². The van der Waals surface area contributed by atoms with Gasteiger partial charge in [0.2, 0.25) is 5.91 Å². The first-order valence-corrected chi connectivity index (χ1v) is 4.44. The third kappa shape index (κ3) is 5.36. The Hall–Kier alpha value is -0.900. The molecule has 0 aromatic carbocycles. The normalized spacial score (nSPS) is 12.6. The maximum absolute atomic E-state index is 11.1. The van der Waals surface area contributed by atoms with E-state index in [1.807, 2.05) is 20.8 Å². The molecule has 1 amide bonds. The average Bonchev–Trinajstić information content (AvgIpc) is 2.10. The molecule has 0 aromatic rings. The van der Waals surface area contributed by atoms with Gasteiger partial charge >= 0.3 is 0 Å². The smallest absolute Gasteiger partial charge is 0.246 e. The highest BCUT2D eigenvalue weighted by Gasteiger charge is 2.14. The predicted octanol–water partition coefficient (Wildman–Crippen LogP) is 0.363. The van der Waals surface area contributed by atoms with Crippen LogP contribution in [0.2, 0.25) is 0 Å².